The molecule has 0 aromatic heterocycles. The van der Waals surface area contributed by atoms with E-state index >= 15 is 0 Å². The molecule has 114 valence electrons. The van der Waals surface area contributed by atoms with Crippen LogP contribution in [0.2, 0.25) is 0 Å². The van der Waals surface area contributed by atoms with Gasteiger partial charge in [0.25, 0.3) is 0 Å². The van der Waals surface area contributed by atoms with Crippen LogP contribution < -0.4 is 10.0 Å². The third-order valence-electron chi connectivity index (χ3n) is 3.39. The summed E-state index contributed by atoms with van der Waals surface area (Å²) in [5.74, 6) is -0.537. The topological polar surface area (TPSA) is 58.2 Å². The molecule has 2 unspecified atom stereocenters. The standard InChI is InChI=1S/C13H19FN2O2S.ClH/c1-9-3-4-11(14)8-13(9)19(17,18)16-12-5-6-15-10(2)7-12;/h3-4,8,10,12,15-16H,5-7H2,1-2H3;1H. The van der Waals surface area contributed by atoms with Crippen LogP contribution in [0.1, 0.15) is 25.3 Å². The first-order chi connectivity index (χ1) is 8.88. The van der Waals surface area contributed by atoms with Crippen molar-refractivity contribution in [1.29, 1.82) is 0 Å². The molecule has 2 atom stereocenters. The highest BCUT2D eigenvalue weighted by atomic mass is 35.5. The molecule has 1 aromatic rings. The maximum absolute atomic E-state index is 13.2. The molecule has 0 saturated carbocycles. The lowest BCUT2D eigenvalue weighted by Crippen LogP contribution is -2.46. The highest BCUT2D eigenvalue weighted by Gasteiger charge is 2.25. The van der Waals surface area contributed by atoms with Gasteiger partial charge < -0.3 is 5.32 Å². The fourth-order valence-corrected chi connectivity index (χ4v) is 3.92. The predicted octanol–water partition coefficient (Wildman–Crippen LogP) is 1.97. The number of rotatable bonds is 3. The normalized spacial score (nSPS) is 23.1. The number of benzene rings is 1. The first kappa shape index (κ1) is 17.4. The Kier molecular flexibility index (Phi) is 5.94. The number of piperidine rings is 1. The minimum atomic E-state index is -3.65. The Hall–Kier alpha value is -0.690. The first-order valence-electron chi connectivity index (χ1n) is 6.40. The summed E-state index contributed by atoms with van der Waals surface area (Å²) >= 11 is 0. The molecule has 1 aromatic carbocycles. The third kappa shape index (κ3) is 4.15. The summed E-state index contributed by atoms with van der Waals surface area (Å²) < 4.78 is 40.5. The summed E-state index contributed by atoms with van der Waals surface area (Å²) in [5, 5.41) is 3.26. The zero-order valence-corrected chi connectivity index (χ0v) is 13.2. The summed E-state index contributed by atoms with van der Waals surface area (Å²) in [4.78, 5) is 0.0266. The van der Waals surface area contributed by atoms with Crippen molar-refractivity contribution in [2.75, 3.05) is 6.54 Å². The van der Waals surface area contributed by atoms with Crippen molar-refractivity contribution in [2.24, 2.45) is 0 Å². The van der Waals surface area contributed by atoms with E-state index in [0.29, 0.717) is 5.56 Å². The molecule has 0 radical (unpaired) electrons. The molecule has 0 amide bonds. The average Bonchev–Trinajstić information content (AvgIpc) is 2.31. The molecule has 20 heavy (non-hydrogen) atoms. The summed E-state index contributed by atoms with van der Waals surface area (Å²) in [5.41, 5.74) is 0.552. The lowest BCUT2D eigenvalue weighted by Gasteiger charge is -2.28. The fourth-order valence-electron chi connectivity index (χ4n) is 2.39. The Morgan fingerprint density at radius 3 is 2.75 bits per heavy atom. The van der Waals surface area contributed by atoms with Crippen molar-refractivity contribution in [3.63, 3.8) is 0 Å². The monoisotopic (exact) mass is 322 g/mol. The van der Waals surface area contributed by atoms with E-state index in [4.69, 9.17) is 0 Å². The van der Waals surface area contributed by atoms with Crippen LogP contribution in [-0.4, -0.2) is 27.0 Å². The summed E-state index contributed by atoms with van der Waals surface area (Å²) in [6.07, 6.45) is 1.49. The summed E-state index contributed by atoms with van der Waals surface area (Å²) in [7, 11) is -3.65. The minimum Gasteiger partial charge on any atom is -0.314 e. The Morgan fingerprint density at radius 1 is 1.40 bits per heavy atom. The number of nitrogens with one attached hydrogen (secondary N) is 2. The van der Waals surface area contributed by atoms with Crippen LogP contribution in [0.25, 0.3) is 0 Å². The van der Waals surface area contributed by atoms with E-state index in [1.54, 1.807) is 6.92 Å². The quantitative estimate of drug-likeness (QED) is 0.894. The fraction of sp³-hybridized carbons (Fsp3) is 0.538. The van der Waals surface area contributed by atoms with Crippen LogP contribution in [-0.2, 0) is 10.0 Å². The van der Waals surface area contributed by atoms with Gasteiger partial charge in [-0.05, 0) is 50.9 Å². The zero-order chi connectivity index (χ0) is 14.0. The van der Waals surface area contributed by atoms with Gasteiger partial charge >= 0.3 is 0 Å². The van der Waals surface area contributed by atoms with E-state index in [-0.39, 0.29) is 29.4 Å². The molecule has 0 spiro atoms. The maximum atomic E-state index is 13.2. The molecule has 2 rings (SSSR count). The number of hydrogen-bond donors (Lipinski definition) is 2. The molecule has 0 bridgehead atoms. The number of hydrogen-bond acceptors (Lipinski definition) is 3. The maximum Gasteiger partial charge on any atom is 0.241 e. The Balaban J connectivity index is 0.00000200. The lowest BCUT2D eigenvalue weighted by atomic mass is 10.0. The molecule has 1 fully saturated rings. The lowest BCUT2D eigenvalue weighted by molar-refractivity contribution is 0.361. The van der Waals surface area contributed by atoms with Crippen LogP contribution in [0.3, 0.4) is 0 Å². The van der Waals surface area contributed by atoms with Crippen LogP contribution in [0.4, 0.5) is 4.39 Å². The Morgan fingerprint density at radius 2 is 2.10 bits per heavy atom. The van der Waals surface area contributed by atoms with E-state index in [1.165, 1.54) is 12.1 Å². The van der Waals surface area contributed by atoms with Crippen LogP contribution in [0.5, 0.6) is 0 Å². The highest BCUT2D eigenvalue weighted by Crippen LogP contribution is 2.18. The van der Waals surface area contributed by atoms with Gasteiger partial charge in [0.1, 0.15) is 5.82 Å². The number of sulfonamides is 1. The molecule has 1 aliphatic rings. The second-order valence-corrected chi connectivity index (χ2v) is 6.79. The second kappa shape index (κ2) is 6.85. The van der Waals surface area contributed by atoms with Gasteiger partial charge in [-0.3, -0.25) is 0 Å². The largest absolute Gasteiger partial charge is 0.314 e. The van der Waals surface area contributed by atoms with Crippen molar-refractivity contribution in [1.82, 2.24) is 10.0 Å². The molecular weight excluding hydrogens is 303 g/mol. The van der Waals surface area contributed by atoms with E-state index in [2.05, 4.69) is 10.0 Å². The van der Waals surface area contributed by atoms with Gasteiger partial charge in [0.05, 0.1) is 4.90 Å². The Bertz CT molecular complexity index is 565. The molecule has 4 nitrogen and oxygen atoms in total. The molecule has 1 heterocycles. The molecule has 1 saturated heterocycles. The van der Waals surface area contributed by atoms with Crippen molar-refractivity contribution in [3.8, 4) is 0 Å². The van der Waals surface area contributed by atoms with Gasteiger partial charge in [-0.2, -0.15) is 0 Å². The smallest absolute Gasteiger partial charge is 0.241 e. The van der Waals surface area contributed by atoms with Crippen molar-refractivity contribution >= 4 is 22.4 Å². The predicted molar refractivity (Wildman–Crippen MR) is 79.2 cm³/mol. The third-order valence-corrected chi connectivity index (χ3v) is 5.05. The Labute approximate surface area is 125 Å². The SMILES string of the molecule is Cc1ccc(F)cc1S(=O)(=O)NC1CCNC(C)C1.Cl. The molecular formula is C13H20ClFN2O2S. The van der Waals surface area contributed by atoms with E-state index in [0.717, 1.165) is 25.5 Å². The van der Waals surface area contributed by atoms with E-state index in [1.807, 2.05) is 6.92 Å². The molecule has 1 aliphatic heterocycles. The van der Waals surface area contributed by atoms with E-state index in [9.17, 15) is 12.8 Å². The molecule has 7 heteroatoms. The van der Waals surface area contributed by atoms with Crippen LogP contribution in [0, 0.1) is 12.7 Å². The molecule has 0 aliphatic carbocycles. The number of halogens is 2. The highest BCUT2D eigenvalue weighted by molar-refractivity contribution is 7.89. The summed E-state index contributed by atoms with van der Waals surface area (Å²) in [6, 6.07) is 4.01. The summed E-state index contributed by atoms with van der Waals surface area (Å²) in [6.45, 7) is 4.48. The van der Waals surface area contributed by atoms with Gasteiger partial charge in [-0.1, -0.05) is 6.07 Å². The van der Waals surface area contributed by atoms with Crippen LogP contribution in [0.15, 0.2) is 23.1 Å². The van der Waals surface area contributed by atoms with E-state index < -0.39 is 15.8 Å². The van der Waals surface area contributed by atoms with Gasteiger partial charge in [0.15, 0.2) is 0 Å². The van der Waals surface area contributed by atoms with Crippen molar-refractivity contribution in [3.05, 3.63) is 29.6 Å². The van der Waals surface area contributed by atoms with Gasteiger partial charge in [-0.25, -0.2) is 17.5 Å². The van der Waals surface area contributed by atoms with Gasteiger partial charge in [0.2, 0.25) is 10.0 Å². The number of aryl methyl sites for hydroxylation is 1. The zero-order valence-electron chi connectivity index (χ0n) is 11.5. The minimum absolute atomic E-state index is 0. The van der Waals surface area contributed by atoms with Crippen molar-refractivity contribution < 1.29 is 12.8 Å². The van der Waals surface area contributed by atoms with Crippen LogP contribution >= 0.6 is 12.4 Å². The van der Waals surface area contributed by atoms with Crippen molar-refractivity contribution in [2.45, 2.75) is 43.7 Å². The average molecular weight is 323 g/mol. The first-order valence-corrected chi connectivity index (χ1v) is 7.88. The van der Waals surface area contributed by atoms with Gasteiger partial charge in [-0.15, -0.1) is 12.4 Å². The van der Waals surface area contributed by atoms with Gasteiger partial charge in [0, 0.05) is 12.1 Å². The molecule has 2 N–H and O–H groups in total. The second-order valence-electron chi connectivity index (χ2n) is 5.11.